The maximum absolute atomic E-state index is 6.54. The van der Waals surface area contributed by atoms with E-state index in [1.807, 2.05) is 0 Å². The fraction of sp³-hybridized carbons (Fsp3) is 0.412. The summed E-state index contributed by atoms with van der Waals surface area (Å²) in [5.74, 6) is 1.34. The molecule has 1 saturated heterocycles. The van der Waals surface area contributed by atoms with E-state index >= 15 is 0 Å². The van der Waals surface area contributed by atoms with Crippen molar-refractivity contribution in [3.8, 4) is 0 Å². The molecule has 1 unspecified atom stereocenters. The molecule has 0 saturated carbocycles. The lowest BCUT2D eigenvalue weighted by Crippen LogP contribution is -2.50. The molecule has 1 aliphatic heterocycles. The zero-order chi connectivity index (χ0) is 15.2. The Morgan fingerprint density at radius 3 is 2.68 bits per heavy atom. The van der Waals surface area contributed by atoms with Crippen LogP contribution in [0.5, 0.6) is 0 Å². The Kier molecular flexibility index (Phi) is 3.04. The summed E-state index contributed by atoms with van der Waals surface area (Å²) in [6.45, 7) is 1.89. The number of rotatable bonds is 1. The Labute approximate surface area is 130 Å². The molecule has 2 aliphatic rings. The third-order valence-electron chi connectivity index (χ3n) is 5.32. The van der Waals surface area contributed by atoms with E-state index in [1.54, 1.807) is 12.4 Å². The van der Waals surface area contributed by atoms with Gasteiger partial charge in [-0.25, -0.2) is 4.98 Å². The number of nitrogen functional groups attached to an aromatic ring is 1. The highest BCUT2D eigenvalue weighted by Crippen LogP contribution is 2.45. The number of nitrogens with two attached hydrogens (primary N) is 2. The first kappa shape index (κ1) is 13.5. The molecule has 1 spiro atoms. The van der Waals surface area contributed by atoms with Gasteiger partial charge in [-0.2, -0.15) is 0 Å². The van der Waals surface area contributed by atoms with Crippen molar-refractivity contribution in [2.24, 2.45) is 5.73 Å². The van der Waals surface area contributed by atoms with Gasteiger partial charge in [0, 0.05) is 24.5 Å². The zero-order valence-corrected chi connectivity index (χ0v) is 12.6. The Hall–Kier alpha value is -2.14. The molecule has 1 fully saturated rings. The molecular formula is C17H21N5. The SMILES string of the molecule is Nc1cncc(N2CCC3(CC2)c2ccccc2CC3N)n1. The third-order valence-corrected chi connectivity index (χ3v) is 5.32. The standard InChI is InChI=1S/C17H21N5/c18-14-9-12-3-1-2-4-13(12)17(14)5-7-22(8-6-17)16-11-20-10-15(19)21-16/h1-4,10-11,14H,5-9,18H2,(H2,19,21). The van der Waals surface area contributed by atoms with Crippen LogP contribution >= 0.6 is 0 Å². The summed E-state index contributed by atoms with van der Waals surface area (Å²) in [6.07, 6.45) is 6.48. The number of hydrogen-bond donors (Lipinski definition) is 2. The number of piperidine rings is 1. The van der Waals surface area contributed by atoms with E-state index in [0.717, 1.165) is 38.2 Å². The van der Waals surface area contributed by atoms with Crippen molar-refractivity contribution in [3.05, 3.63) is 47.8 Å². The smallest absolute Gasteiger partial charge is 0.149 e. The van der Waals surface area contributed by atoms with Crippen molar-refractivity contribution >= 4 is 11.6 Å². The highest BCUT2D eigenvalue weighted by atomic mass is 15.2. The number of fused-ring (bicyclic) bond motifs is 2. The van der Waals surface area contributed by atoms with Crippen LogP contribution < -0.4 is 16.4 Å². The Morgan fingerprint density at radius 1 is 1.14 bits per heavy atom. The number of benzene rings is 1. The van der Waals surface area contributed by atoms with Gasteiger partial charge in [0.15, 0.2) is 0 Å². The van der Waals surface area contributed by atoms with Gasteiger partial charge in [-0.15, -0.1) is 0 Å². The molecule has 1 atom stereocenters. The van der Waals surface area contributed by atoms with Gasteiger partial charge in [0.2, 0.25) is 0 Å². The second-order valence-electron chi connectivity index (χ2n) is 6.41. The van der Waals surface area contributed by atoms with E-state index in [9.17, 15) is 0 Å². The largest absolute Gasteiger partial charge is 0.382 e. The van der Waals surface area contributed by atoms with E-state index < -0.39 is 0 Å². The molecule has 1 aromatic carbocycles. The first-order valence-electron chi connectivity index (χ1n) is 7.85. The topological polar surface area (TPSA) is 81.1 Å². The molecule has 0 bridgehead atoms. The molecule has 0 radical (unpaired) electrons. The van der Waals surface area contributed by atoms with Gasteiger partial charge in [-0.1, -0.05) is 24.3 Å². The predicted molar refractivity (Wildman–Crippen MR) is 87.7 cm³/mol. The van der Waals surface area contributed by atoms with Crippen LogP contribution in [-0.2, 0) is 11.8 Å². The van der Waals surface area contributed by atoms with Crippen molar-refractivity contribution in [3.63, 3.8) is 0 Å². The van der Waals surface area contributed by atoms with Crippen LogP contribution in [0.4, 0.5) is 11.6 Å². The van der Waals surface area contributed by atoms with Crippen LogP contribution in [0.2, 0.25) is 0 Å². The highest BCUT2D eigenvalue weighted by Gasteiger charge is 2.46. The Morgan fingerprint density at radius 2 is 1.91 bits per heavy atom. The minimum absolute atomic E-state index is 0.126. The predicted octanol–water partition coefficient (Wildman–Crippen LogP) is 1.48. The van der Waals surface area contributed by atoms with Crippen LogP contribution in [0.25, 0.3) is 0 Å². The van der Waals surface area contributed by atoms with E-state index in [-0.39, 0.29) is 11.5 Å². The zero-order valence-electron chi connectivity index (χ0n) is 12.6. The number of nitrogens with zero attached hydrogens (tertiary/aromatic N) is 3. The lowest BCUT2D eigenvalue weighted by molar-refractivity contribution is 0.292. The summed E-state index contributed by atoms with van der Waals surface area (Å²) in [6, 6.07) is 8.95. The van der Waals surface area contributed by atoms with Gasteiger partial charge >= 0.3 is 0 Å². The molecule has 0 amide bonds. The third kappa shape index (κ3) is 1.96. The van der Waals surface area contributed by atoms with Gasteiger partial charge in [0.1, 0.15) is 11.6 Å². The number of anilines is 2. The molecule has 114 valence electrons. The normalized spacial score (nSPS) is 22.8. The second-order valence-corrected chi connectivity index (χ2v) is 6.41. The monoisotopic (exact) mass is 295 g/mol. The summed E-state index contributed by atoms with van der Waals surface area (Å²) in [5.41, 5.74) is 15.3. The Balaban J connectivity index is 1.59. The van der Waals surface area contributed by atoms with Gasteiger partial charge < -0.3 is 16.4 Å². The second kappa shape index (κ2) is 4.95. The molecular weight excluding hydrogens is 274 g/mol. The summed E-state index contributed by atoms with van der Waals surface area (Å²) in [5, 5.41) is 0. The number of aromatic nitrogens is 2. The first-order valence-corrected chi connectivity index (χ1v) is 7.85. The minimum Gasteiger partial charge on any atom is -0.382 e. The average Bonchev–Trinajstić information content (AvgIpc) is 2.81. The summed E-state index contributed by atoms with van der Waals surface area (Å²) in [7, 11) is 0. The molecule has 1 aromatic heterocycles. The first-order chi connectivity index (χ1) is 10.7. The van der Waals surface area contributed by atoms with Crippen molar-refractivity contribution in [2.75, 3.05) is 23.7 Å². The molecule has 22 heavy (non-hydrogen) atoms. The van der Waals surface area contributed by atoms with Crippen molar-refractivity contribution < 1.29 is 0 Å². The lowest BCUT2D eigenvalue weighted by Gasteiger charge is -2.43. The molecule has 5 heteroatoms. The van der Waals surface area contributed by atoms with Gasteiger partial charge in [-0.3, -0.25) is 4.98 Å². The molecule has 4 N–H and O–H groups in total. The van der Waals surface area contributed by atoms with E-state index in [1.165, 1.54) is 11.1 Å². The molecule has 2 aromatic rings. The van der Waals surface area contributed by atoms with E-state index in [2.05, 4.69) is 39.1 Å². The number of hydrogen-bond acceptors (Lipinski definition) is 5. The van der Waals surface area contributed by atoms with Crippen LogP contribution in [0.15, 0.2) is 36.7 Å². The minimum atomic E-state index is 0.126. The average molecular weight is 295 g/mol. The maximum Gasteiger partial charge on any atom is 0.149 e. The van der Waals surface area contributed by atoms with Crippen molar-refractivity contribution in [2.45, 2.75) is 30.7 Å². The van der Waals surface area contributed by atoms with Gasteiger partial charge in [0.05, 0.1) is 12.4 Å². The summed E-state index contributed by atoms with van der Waals surface area (Å²) < 4.78 is 0. The van der Waals surface area contributed by atoms with Crippen molar-refractivity contribution in [1.82, 2.24) is 9.97 Å². The molecule has 2 heterocycles. The maximum atomic E-state index is 6.54. The Bertz CT molecular complexity index is 691. The van der Waals surface area contributed by atoms with E-state index in [0.29, 0.717) is 5.82 Å². The quantitative estimate of drug-likeness (QED) is 0.833. The lowest BCUT2D eigenvalue weighted by atomic mass is 9.71. The highest BCUT2D eigenvalue weighted by molar-refractivity contribution is 5.47. The van der Waals surface area contributed by atoms with E-state index in [4.69, 9.17) is 11.5 Å². The van der Waals surface area contributed by atoms with Gasteiger partial charge in [-0.05, 0) is 30.4 Å². The fourth-order valence-corrected chi connectivity index (χ4v) is 4.11. The molecule has 1 aliphatic carbocycles. The van der Waals surface area contributed by atoms with Gasteiger partial charge in [0.25, 0.3) is 0 Å². The van der Waals surface area contributed by atoms with Crippen LogP contribution in [-0.4, -0.2) is 29.1 Å². The van der Waals surface area contributed by atoms with Crippen molar-refractivity contribution in [1.29, 1.82) is 0 Å². The molecule has 4 rings (SSSR count). The summed E-state index contributed by atoms with van der Waals surface area (Å²) >= 11 is 0. The summed E-state index contributed by atoms with van der Waals surface area (Å²) in [4.78, 5) is 10.8. The fourth-order valence-electron chi connectivity index (χ4n) is 4.11. The van der Waals surface area contributed by atoms with Crippen LogP contribution in [0.3, 0.4) is 0 Å². The van der Waals surface area contributed by atoms with Crippen LogP contribution in [0, 0.1) is 0 Å². The molecule has 5 nitrogen and oxygen atoms in total. The van der Waals surface area contributed by atoms with Crippen LogP contribution in [0.1, 0.15) is 24.0 Å².